The molecule has 0 aromatic carbocycles. The van der Waals surface area contributed by atoms with Crippen molar-refractivity contribution in [3.63, 3.8) is 0 Å². The Hall–Kier alpha value is -2.40. The fourth-order valence-electron chi connectivity index (χ4n) is 7.21. The normalized spacial score (nSPS) is 12.7. The van der Waals surface area contributed by atoms with Crippen molar-refractivity contribution in [2.24, 2.45) is 0 Å². The van der Waals surface area contributed by atoms with Gasteiger partial charge in [-0.2, -0.15) is 0 Å². The van der Waals surface area contributed by atoms with Crippen LogP contribution in [0.1, 0.15) is 252 Å². The molecule has 0 saturated heterocycles. The Balaban J connectivity index is 4.26. The van der Waals surface area contributed by atoms with Crippen molar-refractivity contribution in [3.8, 4) is 0 Å². The predicted molar refractivity (Wildman–Crippen MR) is 261 cm³/mol. The molecule has 0 aliphatic rings. The van der Waals surface area contributed by atoms with Gasteiger partial charge in [0.15, 0.2) is 6.10 Å². The molecule has 1 unspecified atom stereocenters. The standard InChI is InChI=1S/C55H98O5/c1-4-7-10-13-16-19-22-25-26-27-28-29-30-32-33-36-39-42-45-48-54(56)59-52-53(51-58-50-47-44-41-38-35-24-21-18-15-12-9-6-3)60-55(57)49-46-43-40-37-34-31-23-20-17-14-11-8-5-2/h8,11,15,17-18,20,31,34,40,43,53H,4-7,9-10,12-14,16,19,21-30,32-33,35-39,41-42,44-52H2,1-3H3/b11-8-,18-15-,20-17-,34-31-,43-40-. The van der Waals surface area contributed by atoms with Crippen LogP contribution in [0.25, 0.3) is 0 Å². The van der Waals surface area contributed by atoms with E-state index in [1.807, 2.05) is 6.08 Å². The van der Waals surface area contributed by atoms with Crippen LogP contribution in [-0.4, -0.2) is 37.9 Å². The maximum atomic E-state index is 12.7. The molecule has 0 heterocycles. The summed E-state index contributed by atoms with van der Waals surface area (Å²) in [4.78, 5) is 25.3. The Bertz CT molecular complexity index is 1040. The van der Waals surface area contributed by atoms with Crippen LogP contribution in [-0.2, 0) is 23.8 Å². The van der Waals surface area contributed by atoms with Gasteiger partial charge in [0.05, 0.1) is 6.61 Å². The van der Waals surface area contributed by atoms with Gasteiger partial charge >= 0.3 is 11.9 Å². The highest BCUT2D eigenvalue weighted by Gasteiger charge is 2.17. The molecule has 348 valence electrons. The smallest absolute Gasteiger partial charge is 0.306 e. The van der Waals surface area contributed by atoms with Crippen molar-refractivity contribution < 1.29 is 23.8 Å². The predicted octanol–water partition coefficient (Wildman–Crippen LogP) is 17.3. The van der Waals surface area contributed by atoms with Crippen molar-refractivity contribution in [2.45, 2.75) is 258 Å². The first-order valence-corrected chi connectivity index (χ1v) is 25.8. The van der Waals surface area contributed by atoms with E-state index >= 15 is 0 Å². The van der Waals surface area contributed by atoms with E-state index in [0.29, 0.717) is 25.9 Å². The lowest BCUT2D eigenvalue weighted by Gasteiger charge is -2.18. The van der Waals surface area contributed by atoms with Gasteiger partial charge in [-0.1, -0.05) is 236 Å². The maximum absolute atomic E-state index is 12.7. The van der Waals surface area contributed by atoms with Crippen molar-refractivity contribution in [3.05, 3.63) is 60.8 Å². The zero-order chi connectivity index (χ0) is 43.5. The highest BCUT2D eigenvalue weighted by molar-refractivity contribution is 5.70. The van der Waals surface area contributed by atoms with Gasteiger partial charge in [0, 0.05) is 19.4 Å². The summed E-state index contributed by atoms with van der Waals surface area (Å²) < 4.78 is 17.3. The first-order chi connectivity index (χ1) is 29.6. The highest BCUT2D eigenvalue weighted by atomic mass is 16.6. The molecule has 0 saturated carbocycles. The van der Waals surface area contributed by atoms with Gasteiger partial charge in [-0.3, -0.25) is 9.59 Å². The Morgan fingerprint density at radius 2 is 0.800 bits per heavy atom. The van der Waals surface area contributed by atoms with Crippen molar-refractivity contribution >= 4 is 11.9 Å². The second-order valence-corrected chi connectivity index (χ2v) is 17.0. The van der Waals surface area contributed by atoms with Crippen LogP contribution in [0.2, 0.25) is 0 Å². The molecule has 0 aliphatic carbocycles. The van der Waals surface area contributed by atoms with Crippen LogP contribution in [0.3, 0.4) is 0 Å². The number of ether oxygens (including phenoxy) is 3. The average molecular weight is 839 g/mol. The third-order valence-electron chi connectivity index (χ3n) is 11.1. The van der Waals surface area contributed by atoms with Crippen LogP contribution in [0.15, 0.2) is 60.8 Å². The van der Waals surface area contributed by atoms with E-state index in [4.69, 9.17) is 14.2 Å². The monoisotopic (exact) mass is 839 g/mol. The van der Waals surface area contributed by atoms with Crippen molar-refractivity contribution in [1.82, 2.24) is 0 Å². The van der Waals surface area contributed by atoms with Gasteiger partial charge in [-0.05, 0) is 64.2 Å². The largest absolute Gasteiger partial charge is 0.462 e. The van der Waals surface area contributed by atoms with Crippen LogP contribution >= 0.6 is 0 Å². The molecule has 0 rings (SSSR count). The van der Waals surface area contributed by atoms with E-state index in [1.54, 1.807) is 0 Å². The third kappa shape index (κ3) is 48.3. The molecule has 0 radical (unpaired) electrons. The first-order valence-electron chi connectivity index (χ1n) is 25.8. The molecule has 5 heteroatoms. The molecule has 0 spiro atoms. The molecule has 5 nitrogen and oxygen atoms in total. The SMILES string of the molecule is CC/C=C\C/C=C\C/C=C\C/C=C\CCC(=O)OC(COCCCCCCCC/C=C\CCCC)COC(=O)CCCCCCCCCCCCCCCCCCCCC. The quantitative estimate of drug-likeness (QED) is 0.0347. The van der Waals surface area contributed by atoms with E-state index in [0.717, 1.165) is 51.4 Å². The molecule has 0 aromatic rings. The zero-order valence-corrected chi connectivity index (χ0v) is 40.0. The number of hydrogen-bond donors (Lipinski definition) is 0. The minimum atomic E-state index is -0.575. The molecule has 0 bridgehead atoms. The number of allylic oxidation sites excluding steroid dienone is 10. The molecule has 0 fully saturated rings. The molecule has 60 heavy (non-hydrogen) atoms. The van der Waals surface area contributed by atoms with Gasteiger partial charge in [-0.15, -0.1) is 0 Å². The summed E-state index contributed by atoms with van der Waals surface area (Å²) >= 11 is 0. The first kappa shape index (κ1) is 57.6. The summed E-state index contributed by atoms with van der Waals surface area (Å²) in [6.07, 6.45) is 63.9. The molecule has 0 aliphatic heterocycles. The summed E-state index contributed by atoms with van der Waals surface area (Å²) in [6, 6.07) is 0. The minimum Gasteiger partial charge on any atom is -0.462 e. The number of carbonyl (C=O) groups is 2. The van der Waals surface area contributed by atoms with Gasteiger partial charge < -0.3 is 14.2 Å². The highest BCUT2D eigenvalue weighted by Crippen LogP contribution is 2.15. The topological polar surface area (TPSA) is 61.8 Å². The van der Waals surface area contributed by atoms with Crippen LogP contribution in [0.5, 0.6) is 0 Å². The second kappa shape index (κ2) is 51.0. The summed E-state index contributed by atoms with van der Waals surface area (Å²) in [5.41, 5.74) is 0. The minimum absolute atomic E-state index is 0.0561. The summed E-state index contributed by atoms with van der Waals surface area (Å²) in [6.45, 7) is 7.62. The Morgan fingerprint density at radius 1 is 0.383 bits per heavy atom. The lowest BCUT2D eigenvalue weighted by Crippen LogP contribution is -2.30. The van der Waals surface area contributed by atoms with E-state index in [-0.39, 0.29) is 25.2 Å². The van der Waals surface area contributed by atoms with Gasteiger partial charge in [0.2, 0.25) is 0 Å². The van der Waals surface area contributed by atoms with Gasteiger partial charge in [0.25, 0.3) is 0 Å². The van der Waals surface area contributed by atoms with Crippen molar-refractivity contribution in [1.29, 1.82) is 0 Å². The fraction of sp³-hybridized carbons (Fsp3) is 0.782. The number of unbranched alkanes of at least 4 members (excludes halogenated alkanes) is 26. The zero-order valence-electron chi connectivity index (χ0n) is 40.0. The Kier molecular flexibility index (Phi) is 48.9. The Labute approximate surface area is 373 Å². The molecular formula is C55H98O5. The maximum Gasteiger partial charge on any atom is 0.306 e. The van der Waals surface area contributed by atoms with E-state index < -0.39 is 6.10 Å². The van der Waals surface area contributed by atoms with Gasteiger partial charge in [0.1, 0.15) is 6.61 Å². The Morgan fingerprint density at radius 3 is 1.32 bits per heavy atom. The molecule has 0 amide bonds. The average Bonchev–Trinajstić information content (AvgIpc) is 3.25. The van der Waals surface area contributed by atoms with E-state index in [9.17, 15) is 9.59 Å². The molecule has 1 atom stereocenters. The van der Waals surface area contributed by atoms with E-state index in [1.165, 1.54) is 161 Å². The van der Waals surface area contributed by atoms with E-state index in [2.05, 4.69) is 75.5 Å². The second-order valence-electron chi connectivity index (χ2n) is 17.0. The van der Waals surface area contributed by atoms with Crippen LogP contribution in [0, 0.1) is 0 Å². The van der Waals surface area contributed by atoms with Crippen molar-refractivity contribution in [2.75, 3.05) is 19.8 Å². The number of hydrogen-bond acceptors (Lipinski definition) is 5. The van der Waals surface area contributed by atoms with Crippen LogP contribution in [0.4, 0.5) is 0 Å². The summed E-state index contributed by atoms with van der Waals surface area (Å²) in [5, 5.41) is 0. The molecule has 0 aromatic heterocycles. The fourth-order valence-corrected chi connectivity index (χ4v) is 7.21. The third-order valence-corrected chi connectivity index (χ3v) is 11.1. The lowest BCUT2D eigenvalue weighted by atomic mass is 10.0. The molecular weight excluding hydrogens is 741 g/mol. The summed E-state index contributed by atoms with van der Waals surface area (Å²) in [7, 11) is 0. The summed E-state index contributed by atoms with van der Waals surface area (Å²) in [5.74, 6) is -0.486. The number of rotatable bonds is 47. The lowest BCUT2D eigenvalue weighted by molar-refractivity contribution is -0.162. The number of esters is 2. The molecule has 0 N–H and O–H groups in total. The van der Waals surface area contributed by atoms with Crippen LogP contribution < -0.4 is 0 Å². The number of carbonyl (C=O) groups excluding carboxylic acids is 2. The van der Waals surface area contributed by atoms with Gasteiger partial charge in [-0.25, -0.2) is 0 Å².